The summed E-state index contributed by atoms with van der Waals surface area (Å²) in [7, 11) is 1.54. The molecule has 7 nitrogen and oxygen atoms in total. The third-order valence-corrected chi connectivity index (χ3v) is 3.71. The Morgan fingerprint density at radius 1 is 1.57 bits per heavy atom. The second kappa shape index (κ2) is 7.00. The van der Waals surface area contributed by atoms with E-state index in [-0.39, 0.29) is 24.3 Å². The maximum absolute atomic E-state index is 12.2. The van der Waals surface area contributed by atoms with Gasteiger partial charge in [0, 0.05) is 32.0 Å². The minimum atomic E-state index is -0.606. The van der Waals surface area contributed by atoms with E-state index >= 15 is 0 Å². The molecule has 1 saturated heterocycles. The quantitative estimate of drug-likeness (QED) is 0.866. The standard InChI is InChI=1S/C14H24N4O3/c1-9(2)13-16-12(17-21-13)10-5-4-6-18(7-10)14(19)11(15)8-20-3/h9-11H,4-8,15H2,1-3H3. The number of nitrogens with two attached hydrogens (primary N) is 1. The zero-order valence-electron chi connectivity index (χ0n) is 12.9. The molecule has 0 spiro atoms. The fourth-order valence-corrected chi connectivity index (χ4v) is 2.52. The van der Waals surface area contributed by atoms with Crippen molar-refractivity contribution in [1.82, 2.24) is 15.0 Å². The van der Waals surface area contributed by atoms with Gasteiger partial charge in [0.15, 0.2) is 5.82 Å². The Kier molecular flexibility index (Phi) is 5.30. The van der Waals surface area contributed by atoms with Crippen LogP contribution in [-0.2, 0) is 9.53 Å². The molecule has 1 aromatic heterocycles. The summed E-state index contributed by atoms with van der Waals surface area (Å²) in [5.41, 5.74) is 5.82. The SMILES string of the molecule is COCC(N)C(=O)N1CCCC(c2noc(C(C)C)n2)C1. The van der Waals surface area contributed by atoms with Crippen LogP contribution in [0.5, 0.6) is 0 Å². The number of nitrogens with zero attached hydrogens (tertiary/aromatic N) is 3. The third-order valence-electron chi connectivity index (χ3n) is 3.71. The lowest BCUT2D eigenvalue weighted by Crippen LogP contribution is -2.49. The number of carbonyl (C=O) groups excluding carboxylic acids is 1. The van der Waals surface area contributed by atoms with Crippen LogP contribution in [0, 0.1) is 0 Å². The fourth-order valence-electron chi connectivity index (χ4n) is 2.52. The number of hydrogen-bond donors (Lipinski definition) is 1. The van der Waals surface area contributed by atoms with Crippen molar-refractivity contribution in [2.75, 3.05) is 26.8 Å². The average Bonchev–Trinajstić information content (AvgIpc) is 2.97. The van der Waals surface area contributed by atoms with E-state index in [2.05, 4.69) is 10.1 Å². The van der Waals surface area contributed by atoms with Crippen molar-refractivity contribution in [3.63, 3.8) is 0 Å². The third kappa shape index (κ3) is 3.79. The highest BCUT2D eigenvalue weighted by molar-refractivity contribution is 5.82. The van der Waals surface area contributed by atoms with Crippen molar-refractivity contribution >= 4 is 5.91 Å². The number of ether oxygens (including phenoxy) is 1. The van der Waals surface area contributed by atoms with Crippen LogP contribution in [0.3, 0.4) is 0 Å². The van der Waals surface area contributed by atoms with Crippen LogP contribution in [-0.4, -0.2) is 53.8 Å². The molecule has 1 aliphatic rings. The molecule has 2 atom stereocenters. The summed E-state index contributed by atoms with van der Waals surface area (Å²) in [6, 6.07) is -0.606. The first-order valence-corrected chi connectivity index (χ1v) is 7.39. The Morgan fingerprint density at radius 2 is 2.33 bits per heavy atom. The highest BCUT2D eigenvalue weighted by atomic mass is 16.5. The number of hydrogen-bond acceptors (Lipinski definition) is 6. The van der Waals surface area contributed by atoms with Crippen LogP contribution < -0.4 is 5.73 Å². The minimum absolute atomic E-state index is 0.0749. The summed E-state index contributed by atoms with van der Waals surface area (Å²) < 4.78 is 10.2. The molecule has 0 radical (unpaired) electrons. The van der Waals surface area contributed by atoms with Gasteiger partial charge in [-0.25, -0.2) is 0 Å². The molecule has 21 heavy (non-hydrogen) atoms. The van der Waals surface area contributed by atoms with Crippen molar-refractivity contribution in [3.8, 4) is 0 Å². The van der Waals surface area contributed by atoms with E-state index < -0.39 is 6.04 Å². The highest BCUT2D eigenvalue weighted by Crippen LogP contribution is 2.26. The van der Waals surface area contributed by atoms with Crippen LogP contribution in [0.4, 0.5) is 0 Å². The summed E-state index contributed by atoms with van der Waals surface area (Å²) in [6.45, 7) is 5.57. The topological polar surface area (TPSA) is 94.5 Å². The molecule has 0 bridgehead atoms. The van der Waals surface area contributed by atoms with Gasteiger partial charge in [0.05, 0.1) is 6.61 Å². The highest BCUT2D eigenvalue weighted by Gasteiger charge is 2.30. The number of carbonyl (C=O) groups is 1. The first-order chi connectivity index (χ1) is 10.0. The molecule has 2 heterocycles. The lowest BCUT2D eigenvalue weighted by Gasteiger charge is -2.32. The van der Waals surface area contributed by atoms with E-state index in [4.69, 9.17) is 15.0 Å². The monoisotopic (exact) mass is 296 g/mol. The van der Waals surface area contributed by atoms with E-state index in [0.717, 1.165) is 19.4 Å². The van der Waals surface area contributed by atoms with Gasteiger partial charge in [0.25, 0.3) is 0 Å². The molecule has 0 saturated carbocycles. The normalized spacial score (nSPS) is 20.8. The first-order valence-electron chi connectivity index (χ1n) is 7.39. The van der Waals surface area contributed by atoms with E-state index in [1.165, 1.54) is 0 Å². The zero-order chi connectivity index (χ0) is 15.4. The first kappa shape index (κ1) is 15.9. The molecule has 1 aliphatic heterocycles. The van der Waals surface area contributed by atoms with Gasteiger partial charge < -0.3 is 19.9 Å². The summed E-state index contributed by atoms with van der Waals surface area (Å²) in [6.07, 6.45) is 1.88. The van der Waals surface area contributed by atoms with Gasteiger partial charge in [-0.3, -0.25) is 4.79 Å². The Morgan fingerprint density at radius 3 is 2.95 bits per heavy atom. The Labute approximate surface area is 124 Å². The summed E-state index contributed by atoms with van der Waals surface area (Å²) in [5.74, 6) is 1.59. The molecule has 1 fully saturated rings. The summed E-state index contributed by atoms with van der Waals surface area (Å²) >= 11 is 0. The van der Waals surface area contributed by atoms with E-state index in [0.29, 0.717) is 18.3 Å². The maximum atomic E-state index is 12.2. The number of likely N-dealkylation sites (tertiary alicyclic amines) is 1. The number of aromatic nitrogens is 2. The minimum Gasteiger partial charge on any atom is -0.383 e. The molecule has 2 unspecified atom stereocenters. The lowest BCUT2D eigenvalue weighted by atomic mass is 9.97. The molecule has 1 amide bonds. The van der Waals surface area contributed by atoms with Crippen molar-refractivity contribution in [3.05, 3.63) is 11.7 Å². The van der Waals surface area contributed by atoms with Crippen LogP contribution in [0.1, 0.15) is 50.2 Å². The zero-order valence-corrected chi connectivity index (χ0v) is 12.9. The maximum Gasteiger partial charge on any atom is 0.241 e. The summed E-state index contributed by atoms with van der Waals surface area (Å²) in [5, 5.41) is 4.06. The van der Waals surface area contributed by atoms with E-state index in [1.807, 2.05) is 13.8 Å². The van der Waals surface area contributed by atoms with Gasteiger partial charge in [-0.1, -0.05) is 19.0 Å². The second-order valence-electron chi connectivity index (χ2n) is 5.83. The smallest absolute Gasteiger partial charge is 0.241 e. The van der Waals surface area contributed by atoms with Crippen molar-refractivity contribution in [2.24, 2.45) is 5.73 Å². The Balaban J connectivity index is 2.01. The van der Waals surface area contributed by atoms with Crippen LogP contribution in [0.25, 0.3) is 0 Å². The number of rotatable bonds is 5. The van der Waals surface area contributed by atoms with Crippen molar-refractivity contribution in [2.45, 2.75) is 44.6 Å². The predicted octanol–water partition coefficient (Wildman–Crippen LogP) is 0.873. The van der Waals surface area contributed by atoms with Gasteiger partial charge >= 0.3 is 0 Å². The molecule has 0 aliphatic carbocycles. The molecule has 0 aromatic carbocycles. The number of piperidine rings is 1. The van der Waals surface area contributed by atoms with Crippen LogP contribution in [0.2, 0.25) is 0 Å². The van der Waals surface area contributed by atoms with Crippen molar-refractivity contribution in [1.29, 1.82) is 0 Å². The summed E-state index contributed by atoms with van der Waals surface area (Å²) in [4.78, 5) is 18.5. The molecule has 2 rings (SSSR count). The van der Waals surface area contributed by atoms with E-state index in [9.17, 15) is 4.79 Å². The van der Waals surface area contributed by atoms with Crippen LogP contribution >= 0.6 is 0 Å². The molecule has 7 heteroatoms. The van der Waals surface area contributed by atoms with Gasteiger partial charge in [-0.15, -0.1) is 0 Å². The Hall–Kier alpha value is -1.47. The Bertz CT molecular complexity index is 475. The molecular weight excluding hydrogens is 272 g/mol. The number of amides is 1. The molecule has 118 valence electrons. The second-order valence-corrected chi connectivity index (χ2v) is 5.83. The van der Waals surface area contributed by atoms with Gasteiger partial charge in [-0.05, 0) is 12.8 Å². The lowest BCUT2D eigenvalue weighted by molar-refractivity contribution is -0.135. The largest absolute Gasteiger partial charge is 0.383 e. The molecule has 1 aromatic rings. The van der Waals surface area contributed by atoms with Gasteiger partial charge in [-0.2, -0.15) is 4.98 Å². The average molecular weight is 296 g/mol. The van der Waals surface area contributed by atoms with Gasteiger partial charge in [0.2, 0.25) is 11.8 Å². The van der Waals surface area contributed by atoms with Crippen molar-refractivity contribution < 1.29 is 14.1 Å². The van der Waals surface area contributed by atoms with E-state index in [1.54, 1.807) is 12.0 Å². The fraction of sp³-hybridized carbons (Fsp3) is 0.786. The van der Waals surface area contributed by atoms with Crippen LogP contribution in [0.15, 0.2) is 4.52 Å². The number of methoxy groups -OCH3 is 1. The molecule has 2 N–H and O–H groups in total. The molecular formula is C14H24N4O3. The predicted molar refractivity (Wildman–Crippen MR) is 76.8 cm³/mol. The van der Waals surface area contributed by atoms with Gasteiger partial charge in [0.1, 0.15) is 6.04 Å².